The van der Waals surface area contributed by atoms with Crippen LogP contribution in [0, 0.1) is 19.8 Å². The Kier molecular flexibility index (Phi) is 9.66. The molecule has 238 valence electrons. The normalized spacial score (nSPS) is 15.9. The van der Waals surface area contributed by atoms with Crippen LogP contribution >= 0.6 is 0 Å². The van der Waals surface area contributed by atoms with E-state index >= 15 is 4.39 Å². The highest BCUT2D eigenvalue weighted by molar-refractivity contribution is 6.09. The maximum absolute atomic E-state index is 16.0. The Morgan fingerprint density at radius 3 is 1.91 bits per heavy atom. The molecule has 0 fully saturated rings. The first kappa shape index (κ1) is 34.3. The fourth-order valence-electron chi connectivity index (χ4n) is 4.97. The van der Waals surface area contributed by atoms with Gasteiger partial charge in [-0.1, -0.05) is 43.3 Å². The van der Waals surface area contributed by atoms with E-state index in [4.69, 9.17) is 0 Å². The second-order valence-corrected chi connectivity index (χ2v) is 10.3. The molecule has 0 bridgehead atoms. The molecule has 1 aliphatic rings. The molecule has 0 N–H and O–H groups in total. The number of alkyl halides is 7. The Labute approximate surface area is 247 Å². The number of nitrogens with zero attached hydrogens (tertiary/aromatic N) is 2. The lowest BCUT2D eigenvalue weighted by molar-refractivity contribution is -0.348. The van der Waals surface area contributed by atoms with Crippen LogP contribution in [-0.2, 0) is 20.0 Å². The number of halogens is 8. The number of likely N-dealkylation sites (N-methyl/N-ethyl adjacent to an activating group) is 1. The van der Waals surface area contributed by atoms with Gasteiger partial charge in [0.15, 0.2) is 5.83 Å². The number of rotatable bonds is 7. The number of carbonyl (C=O) groups excluding carboxylic acids is 3. The first-order valence-corrected chi connectivity index (χ1v) is 13.0. The topological polar surface area (TPSA) is 66.9 Å². The summed E-state index contributed by atoms with van der Waals surface area (Å²) in [6, 6.07) is 8.39. The second kappa shape index (κ2) is 12.4. The third-order valence-electron chi connectivity index (χ3n) is 7.10. The molecule has 2 aromatic carbocycles. The van der Waals surface area contributed by atoms with Crippen LogP contribution in [0.2, 0.25) is 0 Å². The van der Waals surface area contributed by atoms with E-state index in [2.05, 4.69) is 4.74 Å². The average molecular weight is 633 g/mol. The molecule has 0 saturated carbocycles. The summed E-state index contributed by atoms with van der Waals surface area (Å²) in [4.78, 5) is 40.8. The molecule has 1 atom stereocenters. The summed E-state index contributed by atoms with van der Waals surface area (Å²) in [5, 5.41) is 0. The molecule has 44 heavy (non-hydrogen) atoms. The number of amides is 2. The third-order valence-corrected chi connectivity index (χ3v) is 7.10. The van der Waals surface area contributed by atoms with Gasteiger partial charge in [0.2, 0.25) is 0 Å². The van der Waals surface area contributed by atoms with Gasteiger partial charge in [-0.2, -0.15) is 26.3 Å². The van der Waals surface area contributed by atoms with Crippen molar-refractivity contribution in [1.82, 2.24) is 4.90 Å². The van der Waals surface area contributed by atoms with Crippen LogP contribution in [0.15, 0.2) is 65.6 Å². The van der Waals surface area contributed by atoms with E-state index in [1.54, 1.807) is 25.1 Å². The van der Waals surface area contributed by atoms with Crippen LogP contribution < -0.4 is 4.90 Å². The lowest BCUT2D eigenvalue weighted by atomic mass is 9.89. The molecule has 3 rings (SSSR count). The van der Waals surface area contributed by atoms with Crippen molar-refractivity contribution >= 4 is 23.5 Å². The minimum Gasteiger partial charge on any atom is -0.468 e. The summed E-state index contributed by atoms with van der Waals surface area (Å²) in [5.41, 5.74) is -9.32. The maximum atomic E-state index is 16.0. The van der Waals surface area contributed by atoms with Crippen LogP contribution in [0.5, 0.6) is 0 Å². The van der Waals surface area contributed by atoms with Crippen LogP contribution in [-0.4, -0.2) is 55.7 Å². The van der Waals surface area contributed by atoms with Crippen LogP contribution in [0.4, 0.5) is 40.8 Å². The van der Waals surface area contributed by atoms with Gasteiger partial charge in [-0.05, 0) is 49.4 Å². The van der Waals surface area contributed by atoms with Crippen LogP contribution in [0.25, 0.3) is 0 Å². The lowest BCUT2D eigenvalue weighted by Gasteiger charge is -2.33. The molecule has 6 nitrogen and oxygen atoms in total. The van der Waals surface area contributed by atoms with E-state index in [1.807, 2.05) is 0 Å². The summed E-state index contributed by atoms with van der Waals surface area (Å²) in [6.45, 7) is 2.73. The largest absolute Gasteiger partial charge is 0.468 e. The number of allylic oxidation sites excluding steroid dienone is 2. The monoisotopic (exact) mass is 632 g/mol. The van der Waals surface area contributed by atoms with Crippen molar-refractivity contribution in [2.45, 2.75) is 45.2 Å². The second-order valence-electron chi connectivity index (χ2n) is 10.3. The Morgan fingerprint density at radius 1 is 0.909 bits per heavy atom. The molecule has 2 amide bonds. The van der Waals surface area contributed by atoms with Gasteiger partial charge in [-0.15, -0.1) is 0 Å². The van der Waals surface area contributed by atoms with Gasteiger partial charge in [-0.25, -0.2) is 8.78 Å². The van der Waals surface area contributed by atoms with Crippen molar-refractivity contribution < 1.29 is 54.2 Å². The first-order chi connectivity index (χ1) is 20.3. The van der Waals surface area contributed by atoms with Crippen molar-refractivity contribution in [3.8, 4) is 0 Å². The predicted octanol–water partition coefficient (Wildman–Crippen LogP) is 7.02. The van der Waals surface area contributed by atoms with Crippen molar-refractivity contribution in [3.63, 3.8) is 0 Å². The zero-order valence-electron chi connectivity index (χ0n) is 24.2. The van der Waals surface area contributed by atoms with Crippen LogP contribution in [0.1, 0.15) is 40.4 Å². The molecule has 14 heteroatoms. The molecular formula is C30H28F8N2O4. The SMILES string of the molecule is COC(=O)CN(C(=O)C1=C(F)C(N(C)C(=O)c2ccccc2)=CC(C)C1)c1c(C)cc(C(F)(C(F)(F)F)C(F)(F)F)cc1C. The molecule has 2 aromatic rings. The molecule has 1 aliphatic carbocycles. The molecule has 0 heterocycles. The predicted molar refractivity (Wildman–Crippen MR) is 144 cm³/mol. The number of hydrogen-bond donors (Lipinski definition) is 0. The van der Waals surface area contributed by atoms with E-state index in [1.165, 1.54) is 25.3 Å². The smallest absolute Gasteiger partial charge is 0.435 e. The Hall–Kier alpha value is -4.23. The minimum absolute atomic E-state index is 0.218. The zero-order valence-corrected chi connectivity index (χ0v) is 24.2. The quantitative estimate of drug-likeness (QED) is 0.243. The zero-order chi connectivity index (χ0) is 33.4. The van der Waals surface area contributed by atoms with Crippen molar-refractivity contribution in [3.05, 3.63) is 87.9 Å². The van der Waals surface area contributed by atoms with Gasteiger partial charge in [0.05, 0.1) is 24.1 Å². The number of carbonyl (C=O) groups is 3. The molecule has 0 radical (unpaired) electrons. The molecule has 1 unspecified atom stereocenters. The van der Waals surface area contributed by atoms with Crippen molar-refractivity contribution in [1.29, 1.82) is 0 Å². The summed E-state index contributed by atoms with van der Waals surface area (Å²) >= 11 is 0. The third kappa shape index (κ3) is 6.34. The van der Waals surface area contributed by atoms with E-state index in [9.17, 15) is 45.1 Å². The van der Waals surface area contributed by atoms with E-state index in [0.717, 1.165) is 25.9 Å². The van der Waals surface area contributed by atoms with Gasteiger partial charge in [0.25, 0.3) is 11.8 Å². The van der Waals surface area contributed by atoms with Gasteiger partial charge >= 0.3 is 24.0 Å². The first-order valence-electron chi connectivity index (χ1n) is 13.0. The highest BCUT2D eigenvalue weighted by Gasteiger charge is 2.73. The van der Waals surface area contributed by atoms with Crippen molar-refractivity contribution in [2.24, 2.45) is 5.92 Å². The fraction of sp³-hybridized carbons (Fsp3) is 0.367. The van der Waals surface area contributed by atoms with Gasteiger partial charge < -0.3 is 9.64 Å². The number of hydrogen-bond acceptors (Lipinski definition) is 4. The molecule has 0 aromatic heterocycles. The van der Waals surface area contributed by atoms with Gasteiger partial charge in [0.1, 0.15) is 6.54 Å². The standard InChI is InChI=1S/C30H28F8N2O4/c1-16-11-21(24(31)22(12-16)39(4)26(42)19-9-7-6-8-10-19)27(43)40(15-23(41)44-5)25-17(2)13-20(14-18(25)3)28(32,29(33,34)35)30(36,37)38/h6-10,12-14,16H,11,15H2,1-5H3. The number of ether oxygens (including phenoxy) is 1. The van der Waals surface area contributed by atoms with E-state index in [-0.39, 0.29) is 35.5 Å². The Balaban J connectivity index is 2.16. The lowest BCUT2D eigenvalue weighted by Crippen LogP contribution is -2.50. The highest BCUT2D eigenvalue weighted by Crippen LogP contribution is 2.54. The number of benzene rings is 2. The highest BCUT2D eigenvalue weighted by atomic mass is 19.4. The number of esters is 1. The van der Waals surface area contributed by atoms with Gasteiger partial charge in [0, 0.05) is 18.2 Å². The maximum Gasteiger partial charge on any atom is 0.435 e. The minimum atomic E-state index is -6.38. The summed E-state index contributed by atoms with van der Waals surface area (Å²) in [5.74, 6) is -4.47. The number of anilines is 1. The molecule has 0 spiro atoms. The molecular weight excluding hydrogens is 604 g/mol. The summed E-state index contributed by atoms with van der Waals surface area (Å²) in [7, 11) is 2.25. The van der Waals surface area contributed by atoms with Gasteiger partial charge in [-0.3, -0.25) is 19.3 Å². The van der Waals surface area contributed by atoms with E-state index in [0.29, 0.717) is 4.90 Å². The molecule has 0 saturated heterocycles. The fourth-order valence-corrected chi connectivity index (χ4v) is 4.97. The summed E-state index contributed by atoms with van der Waals surface area (Å²) < 4.78 is 116. The van der Waals surface area contributed by atoms with E-state index < -0.39 is 76.4 Å². The Morgan fingerprint density at radius 2 is 1.43 bits per heavy atom. The number of aryl methyl sites for hydroxylation is 2. The molecule has 0 aliphatic heterocycles. The average Bonchev–Trinajstić information content (AvgIpc) is 2.94. The summed E-state index contributed by atoms with van der Waals surface area (Å²) in [6.07, 6.45) is -11.6. The number of methoxy groups -OCH3 is 1. The van der Waals surface area contributed by atoms with Crippen LogP contribution in [0.3, 0.4) is 0 Å². The van der Waals surface area contributed by atoms with Crippen molar-refractivity contribution in [2.75, 3.05) is 25.6 Å². The Bertz CT molecular complexity index is 1480.